The molecule has 0 bridgehead atoms. The third-order valence-corrected chi connectivity index (χ3v) is 20.8. The lowest BCUT2D eigenvalue weighted by Gasteiger charge is -2.22. The van der Waals surface area contributed by atoms with Gasteiger partial charge in [0, 0.05) is 132 Å². The van der Waals surface area contributed by atoms with Crippen molar-refractivity contribution in [1.82, 2.24) is 39.9 Å². The zero-order valence-electron chi connectivity index (χ0n) is 59.7. The van der Waals surface area contributed by atoms with E-state index in [0.29, 0.717) is 72.8 Å². The van der Waals surface area contributed by atoms with Gasteiger partial charge in [-0.3, -0.25) is 0 Å². The molecule has 0 saturated heterocycles. The number of hydrogen-bond acceptors (Lipinski definition) is 0. The molecule has 0 aliphatic rings. The summed E-state index contributed by atoms with van der Waals surface area (Å²) in [5.41, 5.74) is -27.1. The molecule has 0 aliphatic carbocycles. The molecule has 0 fully saturated rings. The molecule has 43 heteroatoms. The van der Waals surface area contributed by atoms with Gasteiger partial charge < -0.3 is 39.9 Å². The fourth-order valence-corrected chi connectivity index (χ4v) is 15.2. The molecule has 6 atom stereocenters. The second kappa shape index (κ2) is 31.7. The van der Waals surface area contributed by atoms with Crippen LogP contribution in [0.5, 0.6) is 0 Å². The summed E-state index contributed by atoms with van der Waals surface area (Å²) < 4.78 is 550. The van der Waals surface area contributed by atoms with E-state index >= 15 is 119 Å². The summed E-state index contributed by atoms with van der Waals surface area (Å²) in [6.45, 7) is 0. The second-order valence-electron chi connectivity index (χ2n) is 27.4. The Kier molecular flexibility index (Phi) is 21.8. The van der Waals surface area contributed by atoms with Gasteiger partial charge in [-0.15, -0.1) is 0 Å². The molecule has 8 nitrogen and oxygen atoms in total. The van der Waals surface area contributed by atoms with Crippen LogP contribution in [0.4, 0.5) is 154 Å². The number of H-pyrrole nitrogens is 8. The average Bonchev–Trinajstić information content (AvgIpc) is 1.59. The van der Waals surface area contributed by atoms with E-state index in [4.69, 9.17) is 0 Å². The molecule has 7 aromatic carbocycles. The number of halogens is 35. The number of hydrogen-bond donors (Lipinski definition) is 8. The summed E-state index contributed by atoms with van der Waals surface area (Å²) in [6, 6.07) is 8.33. The van der Waals surface area contributed by atoms with Gasteiger partial charge in [-0.05, 0) is 96.1 Å². The lowest BCUT2D eigenvalue weighted by atomic mass is 9.89. The van der Waals surface area contributed by atoms with Gasteiger partial charge in [0.1, 0.15) is 0 Å². The number of aromatic amines is 8. The van der Waals surface area contributed by atoms with Crippen molar-refractivity contribution in [1.29, 1.82) is 0 Å². The highest BCUT2D eigenvalue weighted by Crippen LogP contribution is 2.50. The Hall–Kier alpha value is -13.7. The molecule has 0 amide bonds. The molecule has 642 valence electrons. The Bertz CT molecular complexity index is 6270. The quantitative estimate of drug-likeness (QED) is 0.0198. The van der Waals surface area contributed by atoms with Crippen molar-refractivity contribution in [3.63, 3.8) is 0 Å². The third-order valence-electron chi connectivity index (χ3n) is 20.8. The lowest BCUT2D eigenvalue weighted by molar-refractivity contribution is 0.367. The zero-order chi connectivity index (χ0) is 89.8. The van der Waals surface area contributed by atoms with Crippen LogP contribution in [0.25, 0.3) is 0 Å². The van der Waals surface area contributed by atoms with E-state index in [2.05, 4.69) is 39.9 Å². The fourth-order valence-electron chi connectivity index (χ4n) is 15.2. The summed E-state index contributed by atoms with van der Waals surface area (Å²) in [4.78, 5) is 18.3. The molecular weight excluding hydrogens is 1750 g/mol. The molecule has 0 radical (unpaired) electrons. The van der Waals surface area contributed by atoms with Crippen LogP contribution < -0.4 is 0 Å². The molecule has 0 aliphatic heterocycles. The van der Waals surface area contributed by atoms with Gasteiger partial charge in [-0.25, -0.2) is 154 Å². The highest BCUT2D eigenvalue weighted by Gasteiger charge is 2.45. The maximum atomic E-state index is 16.8. The van der Waals surface area contributed by atoms with Gasteiger partial charge in [0.05, 0.1) is 41.4 Å². The monoisotopic (exact) mass is 1780 g/mol. The summed E-state index contributed by atoms with van der Waals surface area (Å²) in [6.07, 6.45) is 3.89. The Labute approximate surface area is 664 Å². The fraction of sp³-hybridized carbons (Fsp3) is 0.0864. The standard InChI is InChI=1S/C81H33F35N8/c82-47-40(48(83)62(97)75(110)61(47)96)33(19-13-15-117-17-19)21-1-3-23(119-21)35(42-51(86)65(100)77(112)66(101)52(42)87)25-5-7-27(121-25)37(44-55(90)69(104)79(114)70(105)56(44)91)29-9-11-31(123-29)39(46-59(94)73(108)81(116)74(109)60(46)95)32-12-10-30(124-32)38(45-57(92)71(106)80(115)72(107)58(45)93)28-8-6-26(122-28)36(43-53(88)67(102)78(113)68(103)54(43)89)24-4-2-22(120-24)34(20-14-16-118-18-20)41-49(84)63(98)76(111)64(99)50(41)85/h1-18,33-39,117-124H. The van der Waals surface area contributed by atoms with Crippen LogP contribution in [0.1, 0.15) is 160 Å². The molecule has 0 spiro atoms. The van der Waals surface area contributed by atoms with Crippen molar-refractivity contribution in [2.75, 3.05) is 0 Å². The van der Waals surface area contributed by atoms with E-state index in [-0.39, 0.29) is 0 Å². The first-order valence-corrected chi connectivity index (χ1v) is 34.6. The highest BCUT2D eigenvalue weighted by molar-refractivity contribution is 5.54. The molecule has 0 saturated carbocycles. The van der Waals surface area contributed by atoms with Crippen LogP contribution in [0, 0.1) is 204 Å². The summed E-state index contributed by atoms with van der Waals surface area (Å²) in [7, 11) is 0. The SMILES string of the molecule is Fc1c(F)c(F)c(C(c2cc[nH]c2)c2ccc(C(c3ccc(C(c4ccc(C(c5ccc(C(c6ccc(C(c7ccc(C(c8cc[nH]c8)c8c(F)c(F)c(F)c(F)c8F)[nH]7)c7c(F)c(F)c(F)c(F)c7F)[nH]6)c6c(F)c(F)c(F)c(F)c6F)[nH]5)c5c(F)c(F)c(F)c(F)c5F)[nH]4)c4c(F)c(F)c(F)c(F)c4F)[nH]3)c3c(F)c(F)c(F)c(F)c3F)[nH]2)c(F)c1F. The number of nitrogens with one attached hydrogen (secondary N) is 8. The largest absolute Gasteiger partial charge is 0.367 e. The van der Waals surface area contributed by atoms with Crippen LogP contribution in [0.2, 0.25) is 0 Å². The predicted molar refractivity (Wildman–Crippen MR) is 357 cm³/mol. The Morgan fingerprint density at radius 3 is 0.347 bits per heavy atom. The van der Waals surface area contributed by atoms with Crippen molar-refractivity contribution < 1.29 is 154 Å². The minimum atomic E-state index is -2.99. The van der Waals surface area contributed by atoms with E-state index in [1.54, 1.807) is 0 Å². The normalized spacial score (nSPS) is 13.7. The van der Waals surface area contributed by atoms with Crippen molar-refractivity contribution in [2.24, 2.45) is 0 Å². The van der Waals surface area contributed by atoms with Crippen molar-refractivity contribution in [2.45, 2.75) is 41.4 Å². The van der Waals surface area contributed by atoms with Crippen molar-refractivity contribution in [3.8, 4) is 0 Å². The molecule has 124 heavy (non-hydrogen) atoms. The molecular formula is C81H33F35N8. The minimum absolute atomic E-state index is 0.404. The maximum Gasteiger partial charge on any atom is 0.200 e. The Balaban J connectivity index is 0.914. The smallest absolute Gasteiger partial charge is 0.200 e. The third kappa shape index (κ3) is 13.3. The number of aromatic nitrogens is 8. The highest BCUT2D eigenvalue weighted by atomic mass is 19.2. The zero-order valence-corrected chi connectivity index (χ0v) is 59.7. The summed E-state index contributed by atoms with van der Waals surface area (Å²) >= 11 is 0. The minimum Gasteiger partial charge on any atom is -0.367 e. The number of rotatable bonds is 21. The second-order valence-corrected chi connectivity index (χ2v) is 27.4. The van der Waals surface area contributed by atoms with Crippen LogP contribution >= 0.6 is 0 Å². The summed E-state index contributed by atoms with van der Waals surface area (Å²) in [5.74, 6) is -115. The van der Waals surface area contributed by atoms with Gasteiger partial charge in [0.25, 0.3) is 0 Å². The van der Waals surface area contributed by atoms with Gasteiger partial charge in [-0.1, -0.05) is 0 Å². The van der Waals surface area contributed by atoms with Gasteiger partial charge in [0.15, 0.2) is 163 Å². The van der Waals surface area contributed by atoms with Crippen molar-refractivity contribution >= 4 is 0 Å². The van der Waals surface area contributed by atoms with Crippen LogP contribution in [0.15, 0.2) is 110 Å². The molecule has 8 N–H and O–H groups in total. The molecule has 6 unspecified atom stereocenters. The maximum absolute atomic E-state index is 16.8. The van der Waals surface area contributed by atoms with E-state index in [1.807, 2.05) is 0 Å². The predicted octanol–water partition coefficient (Wildman–Crippen LogP) is 23.4. The first-order chi connectivity index (χ1) is 58.6. The first-order valence-electron chi connectivity index (χ1n) is 34.6. The van der Waals surface area contributed by atoms with Gasteiger partial charge >= 0.3 is 0 Å². The van der Waals surface area contributed by atoms with Crippen LogP contribution in [0.3, 0.4) is 0 Å². The lowest BCUT2D eigenvalue weighted by Crippen LogP contribution is -2.17. The molecule has 15 aromatic rings. The average molecular weight is 1780 g/mol. The van der Waals surface area contributed by atoms with E-state index in [1.165, 1.54) is 0 Å². The molecule has 8 heterocycles. The first kappa shape index (κ1) is 85.3. The van der Waals surface area contributed by atoms with Crippen LogP contribution in [-0.4, -0.2) is 39.9 Å². The molecule has 15 rings (SSSR count). The van der Waals surface area contributed by atoms with Crippen molar-refractivity contribution in [3.05, 3.63) is 432 Å². The van der Waals surface area contributed by atoms with Gasteiger partial charge in [-0.2, -0.15) is 0 Å². The van der Waals surface area contributed by atoms with E-state index < -0.39 is 363 Å². The van der Waals surface area contributed by atoms with E-state index in [9.17, 15) is 35.1 Å². The summed E-state index contributed by atoms with van der Waals surface area (Å²) in [5, 5.41) is 0. The van der Waals surface area contributed by atoms with Crippen LogP contribution in [-0.2, 0) is 0 Å². The Morgan fingerprint density at radius 2 is 0.234 bits per heavy atom. The van der Waals surface area contributed by atoms with E-state index in [0.717, 1.165) is 36.9 Å². The topological polar surface area (TPSA) is 126 Å². The number of benzene rings is 7. The van der Waals surface area contributed by atoms with Gasteiger partial charge in [0.2, 0.25) is 40.7 Å². The Morgan fingerprint density at radius 1 is 0.129 bits per heavy atom. The molecule has 8 aromatic heterocycles.